The molecule has 138 valence electrons. The van der Waals surface area contributed by atoms with E-state index < -0.39 is 5.60 Å². The van der Waals surface area contributed by atoms with Crippen molar-refractivity contribution >= 4 is 0 Å². The van der Waals surface area contributed by atoms with Crippen molar-refractivity contribution in [2.45, 2.75) is 37.7 Å². The lowest BCUT2D eigenvalue weighted by Gasteiger charge is -2.27. The van der Waals surface area contributed by atoms with Gasteiger partial charge in [0.1, 0.15) is 0 Å². The van der Waals surface area contributed by atoms with Crippen molar-refractivity contribution in [2.75, 3.05) is 19.6 Å². The molecule has 0 radical (unpaired) electrons. The van der Waals surface area contributed by atoms with Crippen LogP contribution in [0.3, 0.4) is 0 Å². The average Bonchev–Trinajstić information content (AvgIpc) is 3.10. The molecular weight excluding hydrogens is 324 g/mol. The molecule has 4 nitrogen and oxygen atoms in total. The summed E-state index contributed by atoms with van der Waals surface area (Å²) < 4.78 is 0. The fourth-order valence-corrected chi connectivity index (χ4v) is 5.01. The van der Waals surface area contributed by atoms with Gasteiger partial charge in [-0.3, -0.25) is 0 Å². The minimum absolute atomic E-state index is 0.0781. The summed E-state index contributed by atoms with van der Waals surface area (Å²) in [6, 6.07) is 14.0. The SMILES string of the molecule is CC(CN1C[C@@H]2C[C@@](O)(Cc3ccccc3)C[C@@H]2C1)c1ccc(O)nc1. The molecule has 1 saturated carbocycles. The Morgan fingerprint density at radius 1 is 1.12 bits per heavy atom. The van der Waals surface area contributed by atoms with Crippen LogP contribution < -0.4 is 0 Å². The standard InChI is InChI=1S/C22H28N2O2/c1-16(18-7-8-21(25)23-12-18)13-24-14-19-10-22(26,11-20(19)15-24)9-17-5-3-2-4-6-17/h2-8,12,16,19-20,26H,9-11,13-15H2,1H3,(H,23,25)/t16?,19-,20+,22-. The van der Waals surface area contributed by atoms with Gasteiger partial charge in [0.2, 0.25) is 5.88 Å². The van der Waals surface area contributed by atoms with Crippen LogP contribution in [0.4, 0.5) is 0 Å². The lowest BCUT2D eigenvalue weighted by atomic mass is 9.91. The first-order valence-corrected chi connectivity index (χ1v) is 9.64. The first-order chi connectivity index (χ1) is 12.5. The first-order valence-electron chi connectivity index (χ1n) is 9.64. The molecule has 2 N–H and O–H groups in total. The van der Waals surface area contributed by atoms with Crippen molar-refractivity contribution in [3.63, 3.8) is 0 Å². The van der Waals surface area contributed by atoms with E-state index in [9.17, 15) is 10.2 Å². The predicted molar refractivity (Wildman–Crippen MR) is 102 cm³/mol. The molecule has 2 aliphatic rings. The summed E-state index contributed by atoms with van der Waals surface area (Å²) in [6.07, 6.45) is 4.38. The second kappa shape index (κ2) is 7.01. The Kier molecular flexibility index (Phi) is 4.72. The third-order valence-electron chi connectivity index (χ3n) is 6.18. The fraction of sp³-hybridized carbons (Fsp3) is 0.500. The van der Waals surface area contributed by atoms with Gasteiger partial charge in [0.25, 0.3) is 0 Å². The van der Waals surface area contributed by atoms with Crippen LogP contribution in [0.15, 0.2) is 48.7 Å². The minimum Gasteiger partial charge on any atom is -0.493 e. The fourth-order valence-electron chi connectivity index (χ4n) is 5.01. The molecule has 0 bridgehead atoms. The van der Waals surface area contributed by atoms with Crippen LogP contribution in [0.2, 0.25) is 0 Å². The summed E-state index contributed by atoms with van der Waals surface area (Å²) >= 11 is 0. The maximum absolute atomic E-state index is 11.1. The zero-order chi connectivity index (χ0) is 18.1. The Hall–Kier alpha value is -1.91. The van der Waals surface area contributed by atoms with Crippen LogP contribution in [0.1, 0.15) is 36.8 Å². The number of nitrogens with zero attached hydrogens (tertiary/aromatic N) is 2. The summed E-state index contributed by atoms with van der Waals surface area (Å²) in [7, 11) is 0. The molecule has 0 spiro atoms. The molecule has 1 unspecified atom stereocenters. The number of aromatic nitrogens is 1. The van der Waals surface area contributed by atoms with E-state index in [1.165, 1.54) is 11.1 Å². The van der Waals surface area contributed by atoms with Crippen LogP contribution in [0.5, 0.6) is 5.88 Å². The Labute approximate surface area is 155 Å². The van der Waals surface area contributed by atoms with Gasteiger partial charge in [-0.1, -0.05) is 43.3 Å². The van der Waals surface area contributed by atoms with Gasteiger partial charge in [-0.25, -0.2) is 4.98 Å². The monoisotopic (exact) mass is 352 g/mol. The zero-order valence-electron chi connectivity index (χ0n) is 15.4. The van der Waals surface area contributed by atoms with E-state index in [0.717, 1.165) is 38.9 Å². The van der Waals surface area contributed by atoms with E-state index in [-0.39, 0.29) is 5.88 Å². The molecular formula is C22H28N2O2. The van der Waals surface area contributed by atoms with Crippen LogP contribution in [0.25, 0.3) is 0 Å². The van der Waals surface area contributed by atoms with Gasteiger partial charge >= 0.3 is 0 Å². The Bertz CT molecular complexity index is 718. The molecule has 26 heavy (non-hydrogen) atoms. The summed E-state index contributed by atoms with van der Waals surface area (Å²) in [5, 5.41) is 20.4. The highest BCUT2D eigenvalue weighted by molar-refractivity contribution is 5.21. The maximum atomic E-state index is 11.1. The highest BCUT2D eigenvalue weighted by atomic mass is 16.3. The van der Waals surface area contributed by atoms with E-state index in [1.807, 2.05) is 12.1 Å². The number of fused-ring (bicyclic) bond motifs is 1. The predicted octanol–water partition coefficient (Wildman–Crippen LogP) is 3.21. The summed E-state index contributed by atoms with van der Waals surface area (Å²) in [5.74, 6) is 1.68. The lowest BCUT2D eigenvalue weighted by Crippen LogP contribution is -2.33. The molecule has 2 fully saturated rings. The van der Waals surface area contributed by atoms with E-state index in [1.54, 1.807) is 12.3 Å². The molecule has 1 aliphatic heterocycles. The summed E-state index contributed by atoms with van der Waals surface area (Å²) in [5.41, 5.74) is 1.87. The number of benzene rings is 1. The van der Waals surface area contributed by atoms with Crippen molar-refractivity contribution in [2.24, 2.45) is 11.8 Å². The van der Waals surface area contributed by atoms with Crippen molar-refractivity contribution in [1.82, 2.24) is 9.88 Å². The highest BCUT2D eigenvalue weighted by Gasteiger charge is 2.48. The number of aliphatic hydroxyl groups is 1. The van der Waals surface area contributed by atoms with Gasteiger partial charge in [0.15, 0.2) is 0 Å². The van der Waals surface area contributed by atoms with Crippen molar-refractivity contribution in [3.05, 3.63) is 59.8 Å². The van der Waals surface area contributed by atoms with Crippen molar-refractivity contribution < 1.29 is 10.2 Å². The second-order valence-electron chi connectivity index (χ2n) is 8.38. The number of aromatic hydroxyl groups is 1. The van der Waals surface area contributed by atoms with Gasteiger partial charge in [-0.15, -0.1) is 0 Å². The van der Waals surface area contributed by atoms with Crippen LogP contribution in [-0.4, -0.2) is 45.3 Å². The molecule has 4 atom stereocenters. The zero-order valence-corrected chi connectivity index (χ0v) is 15.4. The Morgan fingerprint density at radius 3 is 2.42 bits per heavy atom. The topological polar surface area (TPSA) is 56.6 Å². The van der Waals surface area contributed by atoms with Crippen LogP contribution >= 0.6 is 0 Å². The van der Waals surface area contributed by atoms with E-state index in [0.29, 0.717) is 17.8 Å². The van der Waals surface area contributed by atoms with Crippen LogP contribution in [-0.2, 0) is 6.42 Å². The number of likely N-dealkylation sites (tertiary alicyclic amines) is 1. The third kappa shape index (κ3) is 3.76. The lowest BCUT2D eigenvalue weighted by molar-refractivity contribution is 0.0353. The second-order valence-corrected chi connectivity index (χ2v) is 8.38. The average molecular weight is 352 g/mol. The van der Waals surface area contributed by atoms with Gasteiger partial charge in [-0.2, -0.15) is 0 Å². The Balaban J connectivity index is 1.32. The molecule has 1 aromatic heterocycles. The van der Waals surface area contributed by atoms with Crippen LogP contribution in [0, 0.1) is 11.8 Å². The number of rotatable bonds is 5. The molecule has 0 amide bonds. The smallest absolute Gasteiger partial charge is 0.210 e. The Morgan fingerprint density at radius 2 is 1.81 bits per heavy atom. The number of hydrogen-bond acceptors (Lipinski definition) is 4. The van der Waals surface area contributed by atoms with Gasteiger partial charge in [-0.05, 0) is 41.7 Å². The van der Waals surface area contributed by atoms with Gasteiger partial charge < -0.3 is 15.1 Å². The summed E-state index contributed by atoms with van der Waals surface area (Å²) in [4.78, 5) is 6.53. The number of hydrogen-bond donors (Lipinski definition) is 2. The van der Waals surface area contributed by atoms with Gasteiger partial charge in [0, 0.05) is 38.3 Å². The van der Waals surface area contributed by atoms with Crippen molar-refractivity contribution in [3.8, 4) is 5.88 Å². The molecule has 2 heterocycles. The third-order valence-corrected chi connectivity index (χ3v) is 6.18. The highest BCUT2D eigenvalue weighted by Crippen LogP contribution is 2.45. The molecule has 1 saturated heterocycles. The van der Waals surface area contributed by atoms with E-state index >= 15 is 0 Å². The van der Waals surface area contributed by atoms with E-state index in [2.05, 4.69) is 41.1 Å². The van der Waals surface area contributed by atoms with Gasteiger partial charge in [0.05, 0.1) is 5.60 Å². The largest absolute Gasteiger partial charge is 0.493 e. The minimum atomic E-state index is -0.532. The molecule has 4 heteroatoms. The molecule has 4 rings (SSSR count). The van der Waals surface area contributed by atoms with Crippen molar-refractivity contribution in [1.29, 1.82) is 0 Å². The molecule has 2 aromatic rings. The molecule has 1 aromatic carbocycles. The normalized spacial score (nSPS) is 29.6. The first kappa shape index (κ1) is 17.5. The summed E-state index contributed by atoms with van der Waals surface area (Å²) in [6.45, 7) is 5.39. The van der Waals surface area contributed by atoms with E-state index in [4.69, 9.17) is 0 Å². The maximum Gasteiger partial charge on any atom is 0.210 e. The number of pyridine rings is 1. The molecule has 1 aliphatic carbocycles. The quantitative estimate of drug-likeness (QED) is 0.868.